The van der Waals surface area contributed by atoms with Gasteiger partial charge in [-0.2, -0.15) is 5.10 Å². The average molecular weight is 386 g/mol. The Morgan fingerprint density at radius 2 is 1.87 bits per heavy atom. The van der Waals surface area contributed by atoms with Crippen LogP contribution in [0.5, 0.6) is 11.5 Å². The monoisotopic (exact) mass is 385 g/mol. The fourth-order valence-corrected chi connectivity index (χ4v) is 2.31. The zero-order chi connectivity index (χ0) is 16.7. The Balaban J connectivity index is 1.76. The quantitative estimate of drug-likeness (QED) is 0.286. The summed E-state index contributed by atoms with van der Waals surface area (Å²) in [6, 6.07) is 3.54. The van der Waals surface area contributed by atoms with Crippen molar-refractivity contribution < 1.29 is 24.3 Å². The molecule has 1 aromatic rings. The van der Waals surface area contributed by atoms with E-state index in [1.807, 2.05) is 0 Å². The Morgan fingerprint density at radius 3 is 2.57 bits per heavy atom. The molecule has 0 atom stereocenters. The molecule has 9 heteroatoms. The molecule has 1 heterocycles. The smallest absolute Gasteiger partial charge is 0.243 e. The molecule has 0 aliphatic carbocycles. The van der Waals surface area contributed by atoms with Crippen molar-refractivity contribution in [1.82, 2.24) is 10.9 Å². The number of nitrogens with zero attached hydrogens (tertiary/aromatic N) is 1. The van der Waals surface area contributed by atoms with E-state index in [4.69, 9.17) is 14.7 Å². The van der Waals surface area contributed by atoms with Crippen molar-refractivity contribution >= 4 is 34.0 Å². The topological polar surface area (TPSA) is 109 Å². The molecule has 0 radical (unpaired) electrons. The fraction of sp³-hybridized carbons (Fsp3) is 0.357. The van der Waals surface area contributed by atoms with Crippen LogP contribution in [0.25, 0.3) is 0 Å². The van der Waals surface area contributed by atoms with Crippen molar-refractivity contribution in [2.24, 2.45) is 5.10 Å². The molecule has 0 aromatic heterocycles. The molecule has 0 unspecified atom stereocenters. The van der Waals surface area contributed by atoms with E-state index in [9.17, 15) is 9.59 Å². The second kappa shape index (κ2) is 8.49. The summed E-state index contributed by atoms with van der Waals surface area (Å²) in [5, 5.41) is 12.2. The number of carbonyl (C=O) groups is 2. The Morgan fingerprint density at radius 1 is 1.22 bits per heavy atom. The summed E-state index contributed by atoms with van der Waals surface area (Å²) in [6.45, 7) is 0.188. The highest BCUT2D eigenvalue weighted by Gasteiger charge is 2.15. The zero-order valence-corrected chi connectivity index (χ0v) is 13.8. The van der Waals surface area contributed by atoms with Gasteiger partial charge in [-0.3, -0.25) is 14.8 Å². The first-order chi connectivity index (χ1) is 11.1. The number of carbonyl (C=O) groups excluding carboxylic acids is 2. The molecule has 0 fully saturated rings. The van der Waals surface area contributed by atoms with Crippen molar-refractivity contribution in [2.75, 3.05) is 6.79 Å². The highest BCUT2D eigenvalue weighted by molar-refractivity contribution is 9.10. The average Bonchev–Trinajstić information content (AvgIpc) is 2.98. The molecule has 8 nitrogen and oxygen atoms in total. The van der Waals surface area contributed by atoms with E-state index in [-0.39, 0.29) is 25.5 Å². The zero-order valence-electron chi connectivity index (χ0n) is 12.2. The van der Waals surface area contributed by atoms with Gasteiger partial charge in [0.15, 0.2) is 11.5 Å². The minimum Gasteiger partial charge on any atom is -0.454 e. The molecule has 1 aliphatic rings. The Labute approximate surface area is 140 Å². The van der Waals surface area contributed by atoms with Crippen LogP contribution in [0.3, 0.4) is 0 Å². The number of nitrogens with one attached hydrogen (secondary N) is 2. The number of fused-ring (bicyclic) bond motifs is 1. The molecule has 124 valence electrons. The number of benzene rings is 1. The van der Waals surface area contributed by atoms with Gasteiger partial charge in [-0.15, -0.1) is 0 Å². The van der Waals surface area contributed by atoms with Crippen LogP contribution in [0.2, 0.25) is 0 Å². The molecule has 1 aliphatic heterocycles. The van der Waals surface area contributed by atoms with E-state index >= 15 is 0 Å². The first-order valence-electron chi connectivity index (χ1n) is 6.94. The standard InChI is InChI=1S/C14H16BrN3O5/c15-10-6-12-11(22-8-23-12)5-9(10)7-16-17-13(19)3-1-2-4-14(20)18-21/h5-7,21H,1-4,8H2,(H,17,19)(H,18,20)/b16-7+. The summed E-state index contributed by atoms with van der Waals surface area (Å²) in [5.41, 5.74) is 4.70. The summed E-state index contributed by atoms with van der Waals surface area (Å²) in [4.78, 5) is 22.4. The normalized spacial score (nSPS) is 12.4. The molecular formula is C14H16BrN3O5. The number of hydroxylamine groups is 1. The lowest BCUT2D eigenvalue weighted by Crippen LogP contribution is -2.19. The van der Waals surface area contributed by atoms with Gasteiger partial charge in [-0.25, -0.2) is 10.9 Å². The first kappa shape index (κ1) is 17.2. The van der Waals surface area contributed by atoms with Crippen LogP contribution in [-0.2, 0) is 9.59 Å². The highest BCUT2D eigenvalue weighted by Crippen LogP contribution is 2.36. The minimum absolute atomic E-state index is 0.178. The number of halogens is 1. The van der Waals surface area contributed by atoms with E-state index < -0.39 is 5.91 Å². The van der Waals surface area contributed by atoms with E-state index in [1.165, 1.54) is 6.21 Å². The Kier molecular flexibility index (Phi) is 6.36. The molecule has 1 aromatic carbocycles. The van der Waals surface area contributed by atoms with Crippen LogP contribution >= 0.6 is 15.9 Å². The molecule has 3 N–H and O–H groups in total. The summed E-state index contributed by atoms with van der Waals surface area (Å²) >= 11 is 3.39. The molecule has 0 saturated heterocycles. The molecule has 2 amide bonds. The number of unbranched alkanes of at least 4 members (excludes halogenated alkanes) is 1. The van der Waals surface area contributed by atoms with Gasteiger partial charge in [0.2, 0.25) is 18.6 Å². The number of rotatable bonds is 7. The summed E-state index contributed by atoms with van der Waals surface area (Å²) in [5.74, 6) is 0.576. The van der Waals surface area contributed by atoms with E-state index in [1.54, 1.807) is 17.6 Å². The lowest BCUT2D eigenvalue weighted by molar-refractivity contribution is -0.129. The van der Waals surface area contributed by atoms with Crippen LogP contribution in [0.1, 0.15) is 31.2 Å². The van der Waals surface area contributed by atoms with Crippen molar-refractivity contribution in [3.8, 4) is 11.5 Å². The van der Waals surface area contributed by atoms with E-state index in [0.29, 0.717) is 24.3 Å². The highest BCUT2D eigenvalue weighted by atomic mass is 79.9. The number of hydrogen-bond acceptors (Lipinski definition) is 6. The van der Waals surface area contributed by atoms with Crippen LogP contribution in [0.4, 0.5) is 0 Å². The molecule has 0 bridgehead atoms. The molecule has 2 rings (SSSR count). The third-order valence-electron chi connectivity index (χ3n) is 3.07. The summed E-state index contributed by atoms with van der Waals surface area (Å²) in [7, 11) is 0. The SMILES string of the molecule is O=C(CCCCC(=O)N/N=C/c1cc2c(cc1Br)OCO2)NO. The lowest BCUT2D eigenvalue weighted by atomic mass is 10.2. The van der Waals surface area contributed by atoms with Gasteiger partial charge in [0.1, 0.15) is 0 Å². The first-order valence-corrected chi connectivity index (χ1v) is 7.73. The fourth-order valence-electron chi connectivity index (χ4n) is 1.89. The minimum atomic E-state index is -0.462. The third kappa shape index (κ3) is 5.22. The van der Waals surface area contributed by atoms with E-state index in [2.05, 4.69) is 26.5 Å². The van der Waals surface area contributed by atoms with Crippen molar-refractivity contribution in [3.63, 3.8) is 0 Å². The Bertz CT molecular complexity index is 621. The second-order valence-electron chi connectivity index (χ2n) is 4.76. The van der Waals surface area contributed by atoms with Gasteiger partial charge >= 0.3 is 0 Å². The van der Waals surface area contributed by atoms with Gasteiger partial charge in [0.25, 0.3) is 0 Å². The van der Waals surface area contributed by atoms with Crippen molar-refractivity contribution in [1.29, 1.82) is 0 Å². The van der Waals surface area contributed by atoms with Crippen molar-refractivity contribution in [3.05, 3.63) is 22.2 Å². The summed E-state index contributed by atoms with van der Waals surface area (Å²) in [6.07, 6.45) is 2.97. The largest absolute Gasteiger partial charge is 0.454 e. The molecule has 0 spiro atoms. The van der Waals surface area contributed by atoms with Gasteiger partial charge in [-0.1, -0.05) is 0 Å². The predicted molar refractivity (Wildman–Crippen MR) is 84.4 cm³/mol. The maximum absolute atomic E-state index is 11.6. The lowest BCUT2D eigenvalue weighted by Gasteiger charge is -2.02. The van der Waals surface area contributed by atoms with Gasteiger partial charge in [0, 0.05) is 22.9 Å². The van der Waals surface area contributed by atoms with Crippen LogP contribution in [0.15, 0.2) is 21.7 Å². The third-order valence-corrected chi connectivity index (χ3v) is 3.75. The number of ether oxygens (including phenoxy) is 2. The Hall–Kier alpha value is -2.13. The number of amides is 2. The maximum atomic E-state index is 11.6. The predicted octanol–water partition coefficient (Wildman–Crippen LogP) is 1.69. The number of hydrogen-bond donors (Lipinski definition) is 3. The number of hydrazone groups is 1. The van der Waals surface area contributed by atoms with Gasteiger partial charge in [0.05, 0.1) is 6.21 Å². The van der Waals surface area contributed by atoms with Crippen molar-refractivity contribution in [2.45, 2.75) is 25.7 Å². The second-order valence-corrected chi connectivity index (χ2v) is 5.62. The van der Waals surface area contributed by atoms with Crippen LogP contribution in [0, 0.1) is 0 Å². The van der Waals surface area contributed by atoms with E-state index in [0.717, 1.165) is 10.0 Å². The maximum Gasteiger partial charge on any atom is 0.243 e. The van der Waals surface area contributed by atoms with Crippen LogP contribution < -0.4 is 20.4 Å². The van der Waals surface area contributed by atoms with Crippen LogP contribution in [-0.4, -0.2) is 30.0 Å². The summed E-state index contributed by atoms with van der Waals surface area (Å²) < 4.78 is 11.3. The van der Waals surface area contributed by atoms with Gasteiger partial charge in [-0.05, 0) is 40.9 Å². The molecular weight excluding hydrogens is 370 g/mol. The van der Waals surface area contributed by atoms with Gasteiger partial charge < -0.3 is 9.47 Å². The molecule has 0 saturated carbocycles. The molecule has 23 heavy (non-hydrogen) atoms.